The third-order valence-electron chi connectivity index (χ3n) is 6.15. The first-order valence-corrected chi connectivity index (χ1v) is 11.8. The van der Waals surface area contributed by atoms with E-state index in [-0.39, 0.29) is 0 Å². The lowest BCUT2D eigenvalue weighted by molar-refractivity contribution is 0.0779. The summed E-state index contributed by atoms with van der Waals surface area (Å²) in [4.78, 5) is 12.7. The molecule has 0 radical (unpaired) electrons. The summed E-state index contributed by atoms with van der Waals surface area (Å²) in [7, 11) is -4.21. The molecule has 3 N–H and O–H groups in total. The Hall–Kier alpha value is -2.32. The number of sulfonamides is 1. The first kappa shape index (κ1) is 20.9. The number of urea groups is 1. The van der Waals surface area contributed by atoms with Crippen molar-refractivity contribution in [3.05, 3.63) is 46.7 Å². The fourth-order valence-corrected chi connectivity index (χ4v) is 5.00. The van der Waals surface area contributed by atoms with Gasteiger partial charge in [0.25, 0.3) is 10.0 Å². The lowest BCUT2D eigenvalue weighted by Crippen LogP contribution is -2.35. The van der Waals surface area contributed by atoms with E-state index in [1.54, 1.807) is 0 Å². The highest BCUT2D eigenvalue weighted by Crippen LogP contribution is 2.46. The fraction of sp³-hybridized carbons (Fsp3) is 0.500. The van der Waals surface area contributed by atoms with Gasteiger partial charge >= 0.3 is 6.03 Å². The molecule has 2 aliphatic carbocycles. The number of aliphatic hydroxyl groups is 1. The van der Waals surface area contributed by atoms with Gasteiger partial charge in [-0.1, -0.05) is 19.1 Å². The number of aryl methyl sites for hydroxylation is 1. The Kier molecular flexibility index (Phi) is 5.18. The average molecular weight is 433 g/mol. The largest absolute Gasteiger partial charge is 0.451 e. The maximum Gasteiger partial charge on any atom is 0.333 e. The number of hydrogen-bond donors (Lipinski definition) is 3. The van der Waals surface area contributed by atoms with E-state index >= 15 is 0 Å². The standard InChI is InChI=1S/C22H28N2O5S/c1-13(14-7-8-14)17-10-9-15-5-4-6-18(15)20(17)23-21(25)24-30(27,28)19-11-16(12-29-19)22(2,3)26/h9-14,26H,4-8H2,1-3H3,(H2,23,24,25)/t13-/m1/s1. The Morgan fingerprint density at radius 2 is 2.00 bits per heavy atom. The van der Waals surface area contributed by atoms with Gasteiger partial charge in [0.1, 0.15) is 0 Å². The Bertz CT molecular complexity index is 1080. The van der Waals surface area contributed by atoms with E-state index < -0.39 is 26.7 Å². The lowest BCUT2D eigenvalue weighted by Gasteiger charge is -2.20. The minimum absolute atomic E-state index is 0.308. The Morgan fingerprint density at radius 3 is 2.63 bits per heavy atom. The van der Waals surface area contributed by atoms with Gasteiger partial charge in [0.05, 0.1) is 11.9 Å². The van der Waals surface area contributed by atoms with Crippen molar-refractivity contribution in [2.24, 2.45) is 5.92 Å². The molecule has 0 aliphatic heterocycles. The number of carbonyl (C=O) groups excluding carboxylic acids is 1. The smallest absolute Gasteiger partial charge is 0.333 e. The van der Waals surface area contributed by atoms with Crippen molar-refractivity contribution in [2.75, 3.05) is 5.32 Å². The van der Waals surface area contributed by atoms with Gasteiger partial charge in [0, 0.05) is 17.3 Å². The Morgan fingerprint density at radius 1 is 1.27 bits per heavy atom. The zero-order valence-electron chi connectivity index (χ0n) is 17.5. The summed E-state index contributed by atoms with van der Waals surface area (Å²) in [5.41, 5.74) is 3.18. The van der Waals surface area contributed by atoms with Crippen molar-refractivity contribution in [2.45, 2.75) is 69.5 Å². The molecule has 162 valence electrons. The van der Waals surface area contributed by atoms with Crippen LogP contribution in [0.2, 0.25) is 0 Å². The summed E-state index contributed by atoms with van der Waals surface area (Å²) in [5, 5.41) is 12.4. The van der Waals surface area contributed by atoms with Gasteiger partial charge in [-0.2, -0.15) is 8.42 Å². The normalized spacial score (nSPS) is 17.5. The molecule has 2 amide bonds. The highest BCUT2D eigenvalue weighted by molar-refractivity contribution is 7.89. The predicted octanol–water partition coefficient (Wildman–Crippen LogP) is 4.02. The zero-order valence-corrected chi connectivity index (χ0v) is 18.3. The molecule has 1 atom stereocenters. The Balaban J connectivity index is 1.57. The van der Waals surface area contributed by atoms with Crippen molar-refractivity contribution in [1.82, 2.24) is 4.72 Å². The van der Waals surface area contributed by atoms with E-state index in [1.807, 2.05) is 4.72 Å². The van der Waals surface area contributed by atoms with Crippen molar-refractivity contribution in [3.8, 4) is 0 Å². The second-order valence-electron chi connectivity index (χ2n) is 8.92. The second-order valence-corrected chi connectivity index (χ2v) is 10.5. The van der Waals surface area contributed by atoms with Gasteiger partial charge in [-0.25, -0.2) is 9.52 Å². The molecule has 1 saturated carbocycles. The molecule has 7 nitrogen and oxygen atoms in total. The average Bonchev–Trinajstić information content (AvgIpc) is 3.16. The minimum Gasteiger partial charge on any atom is -0.451 e. The molecule has 8 heteroatoms. The monoisotopic (exact) mass is 432 g/mol. The van der Waals surface area contributed by atoms with Gasteiger partial charge in [-0.05, 0) is 74.5 Å². The zero-order chi connectivity index (χ0) is 21.7. The summed E-state index contributed by atoms with van der Waals surface area (Å²) in [6.45, 7) is 5.20. The molecule has 1 aromatic carbocycles. The number of anilines is 1. The van der Waals surface area contributed by atoms with Crippen LogP contribution in [-0.2, 0) is 28.5 Å². The quantitative estimate of drug-likeness (QED) is 0.639. The highest BCUT2D eigenvalue weighted by Gasteiger charge is 2.33. The highest BCUT2D eigenvalue weighted by atomic mass is 32.2. The van der Waals surface area contributed by atoms with Crippen molar-refractivity contribution in [1.29, 1.82) is 0 Å². The van der Waals surface area contributed by atoms with Crippen LogP contribution < -0.4 is 10.0 Å². The molecular formula is C22H28N2O5S. The SMILES string of the molecule is C[C@@H](c1ccc2c(c1NC(=O)NS(=O)(=O)c1cc(C(C)(C)O)co1)CCC2)C1CC1. The summed E-state index contributed by atoms with van der Waals surface area (Å²) in [5.74, 6) is 0.919. The number of amides is 2. The van der Waals surface area contributed by atoms with Crippen LogP contribution in [0.5, 0.6) is 0 Å². The van der Waals surface area contributed by atoms with Crippen LogP contribution in [0, 0.1) is 5.92 Å². The van der Waals surface area contributed by atoms with Crippen LogP contribution in [-0.4, -0.2) is 19.6 Å². The summed E-state index contributed by atoms with van der Waals surface area (Å²) < 4.78 is 32.3. The summed E-state index contributed by atoms with van der Waals surface area (Å²) >= 11 is 0. The summed E-state index contributed by atoms with van der Waals surface area (Å²) in [6, 6.07) is 4.61. The van der Waals surface area contributed by atoms with Crippen LogP contribution in [0.3, 0.4) is 0 Å². The molecule has 0 saturated heterocycles. The van der Waals surface area contributed by atoms with E-state index in [0.717, 1.165) is 36.1 Å². The molecule has 0 spiro atoms. The molecule has 0 bridgehead atoms. The topological polar surface area (TPSA) is 109 Å². The molecule has 1 fully saturated rings. The van der Waals surface area contributed by atoms with Crippen molar-refractivity contribution in [3.63, 3.8) is 0 Å². The van der Waals surface area contributed by atoms with Crippen LogP contribution in [0.4, 0.5) is 10.5 Å². The van der Waals surface area contributed by atoms with Gasteiger partial charge in [0.2, 0.25) is 5.09 Å². The predicted molar refractivity (Wildman–Crippen MR) is 113 cm³/mol. The van der Waals surface area contributed by atoms with Crippen LogP contribution in [0.15, 0.2) is 34.0 Å². The second kappa shape index (κ2) is 7.42. The van der Waals surface area contributed by atoms with E-state index in [4.69, 9.17) is 4.42 Å². The minimum atomic E-state index is -4.21. The van der Waals surface area contributed by atoms with Crippen molar-refractivity contribution < 1.29 is 22.7 Å². The van der Waals surface area contributed by atoms with Crippen LogP contribution in [0.1, 0.15) is 68.2 Å². The molecule has 1 heterocycles. The first-order valence-electron chi connectivity index (χ1n) is 10.4. The van der Waals surface area contributed by atoms with E-state index in [2.05, 4.69) is 24.4 Å². The third-order valence-corrected chi connectivity index (χ3v) is 7.34. The maximum atomic E-state index is 12.7. The number of nitrogens with one attached hydrogen (secondary N) is 2. The van der Waals surface area contributed by atoms with E-state index in [1.165, 1.54) is 44.6 Å². The molecule has 2 aliphatic rings. The molecule has 0 unspecified atom stereocenters. The van der Waals surface area contributed by atoms with Gasteiger partial charge < -0.3 is 14.8 Å². The van der Waals surface area contributed by atoms with Crippen molar-refractivity contribution >= 4 is 21.7 Å². The number of furan rings is 1. The van der Waals surface area contributed by atoms with Gasteiger partial charge in [-0.15, -0.1) is 0 Å². The van der Waals surface area contributed by atoms with E-state index in [0.29, 0.717) is 17.4 Å². The first-order chi connectivity index (χ1) is 14.1. The third kappa shape index (κ3) is 4.11. The Labute approximate surface area is 176 Å². The lowest BCUT2D eigenvalue weighted by atomic mass is 9.91. The number of fused-ring (bicyclic) bond motifs is 1. The number of hydrogen-bond acceptors (Lipinski definition) is 5. The molecule has 4 rings (SSSR count). The van der Waals surface area contributed by atoms with Crippen LogP contribution >= 0.6 is 0 Å². The number of rotatable bonds is 6. The maximum absolute atomic E-state index is 12.7. The van der Waals surface area contributed by atoms with E-state index in [9.17, 15) is 18.3 Å². The van der Waals surface area contributed by atoms with Crippen LogP contribution in [0.25, 0.3) is 0 Å². The molecule has 1 aromatic heterocycles. The molecular weight excluding hydrogens is 404 g/mol. The van der Waals surface area contributed by atoms with Gasteiger partial charge in [-0.3, -0.25) is 0 Å². The molecule has 30 heavy (non-hydrogen) atoms. The fourth-order valence-electron chi connectivity index (χ4n) is 4.15. The van der Waals surface area contributed by atoms with Gasteiger partial charge in [0.15, 0.2) is 0 Å². The molecule has 2 aromatic rings. The number of benzene rings is 1. The summed E-state index contributed by atoms with van der Waals surface area (Å²) in [6.07, 6.45) is 6.40. The number of carbonyl (C=O) groups is 1.